The van der Waals surface area contributed by atoms with Crippen molar-refractivity contribution in [3.8, 4) is 0 Å². The van der Waals surface area contributed by atoms with Crippen LogP contribution in [0.3, 0.4) is 0 Å². The van der Waals surface area contributed by atoms with E-state index in [9.17, 15) is 9.90 Å². The number of amides is 2. The number of nitrogens with one attached hydrogen (secondary N) is 1. The molecule has 2 rings (SSSR count). The lowest BCUT2D eigenvalue weighted by Gasteiger charge is -2.27. The Morgan fingerprint density at radius 2 is 1.56 bits per heavy atom. The van der Waals surface area contributed by atoms with Crippen LogP contribution < -0.4 is 5.32 Å². The van der Waals surface area contributed by atoms with Gasteiger partial charge in [0.1, 0.15) is 0 Å². The average Bonchev–Trinajstić information content (AvgIpc) is 2.73. The Morgan fingerprint density at radius 3 is 2.28 bits per heavy atom. The molecule has 0 aromatic carbocycles. The Balaban J connectivity index is 1.84. The van der Waals surface area contributed by atoms with Gasteiger partial charge >= 0.3 is 6.03 Å². The van der Waals surface area contributed by atoms with Crippen LogP contribution in [0.5, 0.6) is 0 Å². The third kappa shape index (κ3) is 3.87. The van der Waals surface area contributed by atoms with Gasteiger partial charge in [0.15, 0.2) is 0 Å². The van der Waals surface area contributed by atoms with Crippen molar-refractivity contribution >= 4 is 6.03 Å². The van der Waals surface area contributed by atoms with Gasteiger partial charge in [-0.15, -0.1) is 0 Å². The van der Waals surface area contributed by atoms with Gasteiger partial charge in [-0.3, -0.25) is 0 Å². The molecule has 2 unspecified atom stereocenters. The highest BCUT2D eigenvalue weighted by Crippen LogP contribution is 2.18. The number of hydrogen-bond donors (Lipinski definition) is 2. The largest absolute Gasteiger partial charge is 0.391 e. The second-order valence-corrected chi connectivity index (χ2v) is 5.66. The van der Waals surface area contributed by atoms with E-state index in [0.29, 0.717) is 0 Å². The molecular formula is C14H26N2O2. The fourth-order valence-electron chi connectivity index (χ4n) is 2.98. The highest BCUT2D eigenvalue weighted by Gasteiger charge is 2.25. The van der Waals surface area contributed by atoms with Crippen molar-refractivity contribution in [1.82, 2.24) is 10.2 Å². The quantitative estimate of drug-likeness (QED) is 0.705. The molecule has 1 aliphatic heterocycles. The predicted molar refractivity (Wildman–Crippen MR) is 71.5 cm³/mol. The Bertz CT molecular complexity index is 263. The lowest BCUT2D eigenvalue weighted by atomic mass is 10.1. The van der Waals surface area contributed by atoms with Gasteiger partial charge < -0.3 is 15.3 Å². The summed E-state index contributed by atoms with van der Waals surface area (Å²) in [5, 5.41) is 13.1. The molecule has 2 amide bonds. The topological polar surface area (TPSA) is 52.6 Å². The first-order valence-electron chi connectivity index (χ1n) is 7.51. The zero-order valence-electron chi connectivity index (χ0n) is 11.2. The van der Waals surface area contributed by atoms with Crippen molar-refractivity contribution in [2.24, 2.45) is 0 Å². The lowest BCUT2D eigenvalue weighted by molar-refractivity contribution is 0.116. The third-order valence-electron chi connectivity index (χ3n) is 4.18. The molecule has 104 valence electrons. The SMILES string of the molecule is O=C(NC1CCCCCC1O)N1CCCCCC1. The molecule has 2 fully saturated rings. The second-order valence-electron chi connectivity index (χ2n) is 5.66. The normalized spacial score (nSPS) is 30.4. The summed E-state index contributed by atoms with van der Waals surface area (Å²) in [6, 6.07) is -0.00824. The third-order valence-corrected chi connectivity index (χ3v) is 4.18. The smallest absolute Gasteiger partial charge is 0.317 e. The van der Waals surface area contributed by atoms with Crippen LogP contribution in [-0.4, -0.2) is 41.3 Å². The van der Waals surface area contributed by atoms with Crippen molar-refractivity contribution in [2.45, 2.75) is 69.9 Å². The molecule has 1 aliphatic carbocycles. The monoisotopic (exact) mass is 254 g/mol. The number of hydrogen-bond acceptors (Lipinski definition) is 2. The number of carbonyl (C=O) groups excluding carboxylic acids is 1. The van der Waals surface area contributed by atoms with E-state index in [4.69, 9.17) is 0 Å². The van der Waals surface area contributed by atoms with Crippen molar-refractivity contribution in [3.05, 3.63) is 0 Å². The Morgan fingerprint density at radius 1 is 0.944 bits per heavy atom. The molecule has 1 heterocycles. The van der Waals surface area contributed by atoms with Crippen LogP contribution in [0, 0.1) is 0 Å². The molecule has 2 aliphatic rings. The Kier molecular flexibility index (Phi) is 5.29. The van der Waals surface area contributed by atoms with Gasteiger partial charge in [0.2, 0.25) is 0 Å². The first-order chi connectivity index (χ1) is 8.77. The van der Waals surface area contributed by atoms with Gasteiger partial charge in [0, 0.05) is 13.1 Å². The van der Waals surface area contributed by atoms with Crippen LogP contribution in [0.4, 0.5) is 4.79 Å². The van der Waals surface area contributed by atoms with Crippen LogP contribution in [0.2, 0.25) is 0 Å². The molecule has 1 saturated heterocycles. The summed E-state index contributed by atoms with van der Waals surface area (Å²) in [4.78, 5) is 14.1. The molecule has 4 heteroatoms. The molecule has 0 aromatic heterocycles. The molecule has 0 spiro atoms. The maximum Gasteiger partial charge on any atom is 0.317 e. The molecule has 0 bridgehead atoms. The predicted octanol–water partition coefficient (Wildman–Crippen LogP) is 2.27. The average molecular weight is 254 g/mol. The molecule has 1 saturated carbocycles. The number of carbonyl (C=O) groups is 1. The van der Waals surface area contributed by atoms with Gasteiger partial charge in [-0.25, -0.2) is 4.79 Å². The molecule has 2 atom stereocenters. The number of aliphatic hydroxyl groups is 1. The van der Waals surface area contributed by atoms with Crippen LogP contribution in [0.15, 0.2) is 0 Å². The zero-order valence-corrected chi connectivity index (χ0v) is 11.2. The van der Waals surface area contributed by atoms with E-state index in [1.165, 1.54) is 19.3 Å². The van der Waals surface area contributed by atoms with E-state index in [1.54, 1.807) is 0 Å². The number of rotatable bonds is 1. The maximum atomic E-state index is 12.2. The molecule has 0 aromatic rings. The van der Waals surface area contributed by atoms with Crippen molar-refractivity contribution < 1.29 is 9.90 Å². The highest BCUT2D eigenvalue weighted by molar-refractivity contribution is 5.74. The highest BCUT2D eigenvalue weighted by atomic mass is 16.3. The van der Waals surface area contributed by atoms with Crippen molar-refractivity contribution in [2.75, 3.05) is 13.1 Å². The van der Waals surface area contributed by atoms with Crippen molar-refractivity contribution in [3.63, 3.8) is 0 Å². The molecule has 2 N–H and O–H groups in total. The van der Waals surface area contributed by atoms with Gasteiger partial charge in [0.25, 0.3) is 0 Å². The first-order valence-corrected chi connectivity index (χ1v) is 7.51. The summed E-state index contributed by atoms with van der Waals surface area (Å²) in [7, 11) is 0. The molecule has 18 heavy (non-hydrogen) atoms. The summed E-state index contributed by atoms with van der Waals surface area (Å²) in [5.74, 6) is 0. The van der Waals surface area contributed by atoms with E-state index in [0.717, 1.165) is 51.6 Å². The first kappa shape index (κ1) is 13.7. The van der Waals surface area contributed by atoms with E-state index in [-0.39, 0.29) is 18.2 Å². The minimum Gasteiger partial charge on any atom is -0.391 e. The summed E-state index contributed by atoms with van der Waals surface area (Å²) in [5.41, 5.74) is 0. The zero-order chi connectivity index (χ0) is 12.8. The summed E-state index contributed by atoms with van der Waals surface area (Å²) >= 11 is 0. The van der Waals surface area contributed by atoms with Crippen LogP contribution >= 0.6 is 0 Å². The van der Waals surface area contributed by atoms with Gasteiger partial charge in [-0.1, -0.05) is 32.1 Å². The molecule has 4 nitrogen and oxygen atoms in total. The maximum absolute atomic E-state index is 12.2. The van der Waals surface area contributed by atoms with E-state index in [2.05, 4.69) is 5.32 Å². The molecule has 0 radical (unpaired) electrons. The molecular weight excluding hydrogens is 228 g/mol. The number of nitrogens with zero attached hydrogens (tertiary/aromatic N) is 1. The number of likely N-dealkylation sites (tertiary alicyclic amines) is 1. The number of aliphatic hydroxyl groups excluding tert-OH is 1. The van der Waals surface area contributed by atoms with Crippen molar-refractivity contribution in [1.29, 1.82) is 0 Å². The minimum atomic E-state index is -0.358. The van der Waals surface area contributed by atoms with Gasteiger partial charge in [-0.2, -0.15) is 0 Å². The van der Waals surface area contributed by atoms with Crippen LogP contribution in [-0.2, 0) is 0 Å². The standard InChI is InChI=1S/C14H26N2O2/c17-13-9-5-3-4-8-12(13)15-14(18)16-10-6-1-2-7-11-16/h12-13,17H,1-11H2,(H,15,18). The second kappa shape index (κ2) is 6.98. The summed E-state index contributed by atoms with van der Waals surface area (Å²) in [6.07, 6.45) is 9.44. The van der Waals surface area contributed by atoms with E-state index < -0.39 is 0 Å². The van der Waals surface area contributed by atoms with Crippen LogP contribution in [0.1, 0.15) is 57.8 Å². The van der Waals surface area contributed by atoms with E-state index >= 15 is 0 Å². The Labute approximate surface area is 110 Å². The minimum absolute atomic E-state index is 0.0304. The van der Waals surface area contributed by atoms with E-state index in [1.807, 2.05) is 4.90 Å². The summed E-state index contributed by atoms with van der Waals surface area (Å²) < 4.78 is 0. The van der Waals surface area contributed by atoms with Gasteiger partial charge in [-0.05, 0) is 25.7 Å². The Hall–Kier alpha value is -0.770. The summed E-state index contributed by atoms with van der Waals surface area (Å²) in [6.45, 7) is 1.74. The number of urea groups is 1. The van der Waals surface area contributed by atoms with Crippen LogP contribution in [0.25, 0.3) is 0 Å². The fraction of sp³-hybridized carbons (Fsp3) is 0.929. The van der Waals surface area contributed by atoms with Gasteiger partial charge in [0.05, 0.1) is 12.1 Å². The lowest BCUT2D eigenvalue weighted by Crippen LogP contribution is -2.49. The fourth-order valence-corrected chi connectivity index (χ4v) is 2.98.